The maximum absolute atomic E-state index is 11.4. The van der Waals surface area contributed by atoms with Gasteiger partial charge in [0.25, 0.3) is 5.56 Å². The van der Waals surface area contributed by atoms with Gasteiger partial charge in [-0.05, 0) is 0 Å². The number of aliphatic hydroxyl groups is 2. The number of nitrogens with zero attached hydrogens (tertiary/aromatic N) is 3. The standard InChI is InChI=1S/C11H18N3O8P/c1-13(2)11-12-7(15)3-4-14(11)10-9(17)8(16)6(22-10)5-21-23(18,19)20/h3-4,6,8-10,16-17H,5H2,1-2H3,(H2,18,19,20)/t6-,8-,9-,10-/m1/s1. The van der Waals surface area contributed by atoms with Gasteiger partial charge in [-0.3, -0.25) is 13.9 Å². The van der Waals surface area contributed by atoms with Crippen molar-refractivity contribution in [3.8, 4) is 0 Å². The number of anilines is 1. The first kappa shape index (κ1) is 18.0. The Balaban J connectivity index is 2.24. The molecule has 0 aliphatic carbocycles. The Morgan fingerprint density at radius 1 is 1.39 bits per heavy atom. The molecule has 1 fully saturated rings. The Kier molecular flexibility index (Phi) is 5.21. The molecule has 12 heteroatoms. The number of phosphoric ester groups is 1. The average molecular weight is 351 g/mol. The van der Waals surface area contributed by atoms with Crippen molar-refractivity contribution in [3.63, 3.8) is 0 Å². The summed E-state index contributed by atoms with van der Waals surface area (Å²) in [6.45, 7) is -0.607. The van der Waals surface area contributed by atoms with E-state index in [9.17, 15) is 19.6 Å². The Labute approximate surface area is 131 Å². The fourth-order valence-corrected chi connectivity index (χ4v) is 2.54. The third-order valence-electron chi connectivity index (χ3n) is 3.24. The summed E-state index contributed by atoms with van der Waals surface area (Å²) in [6, 6.07) is 1.16. The fraction of sp³-hybridized carbons (Fsp3) is 0.636. The highest BCUT2D eigenvalue weighted by Crippen LogP contribution is 2.38. The highest BCUT2D eigenvalue weighted by Gasteiger charge is 2.45. The van der Waals surface area contributed by atoms with Gasteiger partial charge in [0.1, 0.15) is 18.3 Å². The number of ether oxygens (including phenoxy) is 1. The van der Waals surface area contributed by atoms with Crippen molar-refractivity contribution < 1.29 is 33.8 Å². The van der Waals surface area contributed by atoms with Crippen LogP contribution in [-0.2, 0) is 13.8 Å². The van der Waals surface area contributed by atoms with Gasteiger partial charge in [0.05, 0.1) is 6.61 Å². The van der Waals surface area contributed by atoms with Crippen LogP contribution in [0.5, 0.6) is 0 Å². The molecule has 0 unspecified atom stereocenters. The van der Waals surface area contributed by atoms with Gasteiger partial charge < -0.3 is 29.6 Å². The topological polar surface area (TPSA) is 155 Å². The molecule has 1 aromatic heterocycles. The maximum atomic E-state index is 11.4. The Bertz CT molecular complexity index is 659. The van der Waals surface area contributed by atoms with Crippen molar-refractivity contribution in [2.75, 3.05) is 25.6 Å². The summed E-state index contributed by atoms with van der Waals surface area (Å²) in [5.74, 6) is 0.185. The second kappa shape index (κ2) is 6.65. The molecule has 1 aliphatic rings. The van der Waals surface area contributed by atoms with E-state index in [1.807, 2.05) is 0 Å². The van der Waals surface area contributed by atoms with Crippen LogP contribution in [0.3, 0.4) is 0 Å². The zero-order valence-electron chi connectivity index (χ0n) is 12.4. The van der Waals surface area contributed by atoms with Crippen LogP contribution in [0.1, 0.15) is 6.23 Å². The van der Waals surface area contributed by atoms with E-state index in [1.54, 1.807) is 14.1 Å². The van der Waals surface area contributed by atoms with Crippen molar-refractivity contribution in [2.45, 2.75) is 24.5 Å². The summed E-state index contributed by atoms with van der Waals surface area (Å²) in [7, 11) is -1.47. The second-order valence-corrected chi connectivity index (χ2v) is 6.44. The number of hydrogen-bond acceptors (Lipinski definition) is 8. The van der Waals surface area contributed by atoms with Crippen LogP contribution in [-0.4, -0.2) is 68.6 Å². The number of hydrogen-bond donors (Lipinski definition) is 4. The van der Waals surface area contributed by atoms with Crippen molar-refractivity contribution >= 4 is 13.8 Å². The third-order valence-corrected chi connectivity index (χ3v) is 3.72. The number of aromatic nitrogens is 2. The zero-order chi connectivity index (χ0) is 17.4. The molecule has 1 aromatic rings. The smallest absolute Gasteiger partial charge is 0.387 e. The van der Waals surface area contributed by atoms with Crippen LogP contribution in [0.4, 0.5) is 5.95 Å². The largest absolute Gasteiger partial charge is 0.469 e. The minimum atomic E-state index is -4.73. The first-order valence-corrected chi connectivity index (χ1v) is 8.11. The summed E-state index contributed by atoms with van der Waals surface area (Å²) >= 11 is 0. The van der Waals surface area contributed by atoms with Crippen molar-refractivity contribution in [1.29, 1.82) is 0 Å². The monoisotopic (exact) mass is 351 g/mol. The Morgan fingerprint density at radius 3 is 2.61 bits per heavy atom. The normalized spacial score (nSPS) is 28.1. The highest BCUT2D eigenvalue weighted by atomic mass is 31.2. The molecule has 0 amide bonds. The van der Waals surface area contributed by atoms with Gasteiger partial charge in [-0.2, -0.15) is 4.98 Å². The lowest BCUT2D eigenvalue weighted by atomic mass is 10.1. The molecule has 0 spiro atoms. The van der Waals surface area contributed by atoms with Crippen LogP contribution < -0.4 is 10.5 Å². The predicted octanol–water partition coefficient (Wildman–Crippen LogP) is -1.96. The molecule has 2 heterocycles. The molecule has 11 nitrogen and oxygen atoms in total. The summed E-state index contributed by atoms with van der Waals surface area (Å²) in [5.41, 5.74) is -0.487. The lowest BCUT2D eigenvalue weighted by molar-refractivity contribution is -0.0519. The molecular formula is C11H18N3O8P. The van der Waals surface area contributed by atoms with E-state index in [2.05, 4.69) is 9.51 Å². The summed E-state index contributed by atoms with van der Waals surface area (Å²) in [5, 5.41) is 20.1. The lowest BCUT2D eigenvalue weighted by Gasteiger charge is -2.24. The number of phosphoric acid groups is 1. The quantitative estimate of drug-likeness (QED) is 0.439. The SMILES string of the molecule is CN(C)c1nc(=O)ccn1[C@@H]1O[C@H](COP(=O)(O)O)[C@@H](O)[C@H]1O. The molecule has 0 saturated carbocycles. The van der Waals surface area contributed by atoms with Crippen LogP contribution >= 0.6 is 7.82 Å². The van der Waals surface area contributed by atoms with Crippen LogP contribution in [0.2, 0.25) is 0 Å². The molecule has 1 saturated heterocycles. The second-order valence-electron chi connectivity index (χ2n) is 5.20. The van der Waals surface area contributed by atoms with E-state index in [-0.39, 0.29) is 5.95 Å². The molecular weight excluding hydrogens is 333 g/mol. The fourth-order valence-electron chi connectivity index (χ4n) is 2.20. The Morgan fingerprint density at radius 2 is 2.04 bits per heavy atom. The van der Waals surface area contributed by atoms with Crippen molar-refractivity contribution in [1.82, 2.24) is 9.55 Å². The highest BCUT2D eigenvalue weighted by molar-refractivity contribution is 7.46. The van der Waals surface area contributed by atoms with Crippen LogP contribution in [0.15, 0.2) is 17.1 Å². The molecule has 0 bridgehead atoms. The van der Waals surface area contributed by atoms with E-state index < -0.39 is 44.5 Å². The molecule has 4 atom stereocenters. The minimum absolute atomic E-state index is 0.185. The van der Waals surface area contributed by atoms with Crippen molar-refractivity contribution in [3.05, 3.63) is 22.6 Å². The van der Waals surface area contributed by atoms with Gasteiger partial charge in [-0.25, -0.2) is 4.57 Å². The molecule has 23 heavy (non-hydrogen) atoms. The van der Waals surface area contributed by atoms with Gasteiger partial charge in [-0.1, -0.05) is 0 Å². The molecule has 0 radical (unpaired) electrons. The summed E-state index contributed by atoms with van der Waals surface area (Å²) in [4.78, 5) is 34.1. The van der Waals surface area contributed by atoms with E-state index in [1.165, 1.54) is 15.7 Å². The maximum Gasteiger partial charge on any atom is 0.469 e. The van der Waals surface area contributed by atoms with Crippen molar-refractivity contribution in [2.24, 2.45) is 0 Å². The number of rotatable bonds is 5. The molecule has 130 valence electrons. The third kappa shape index (κ3) is 4.15. The van der Waals surface area contributed by atoms with Gasteiger partial charge in [0.15, 0.2) is 6.23 Å². The van der Waals surface area contributed by atoms with Crippen LogP contribution in [0, 0.1) is 0 Å². The van der Waals surface area contributed by atoms with Gasteiger partial charge in [0.2, 0.25) is 5.95 Å². The minimum Gasteiger partial charge on any atom is -0.387 e. The summed E-state index contributed by atoms with van der Waals surface area (Å²) < 4.78 is 21.8. The number of aliphatic hydroxyl groups excluding tert-OH is 2. The Hall–Kier alpha value is -1.33. The summed E-state index contributed by atoms with van der Waals surface area (Å²) in [6.07, 6.45) is -3.74. The first-order valence-electron chi connectivity index (χ1n) is 6.58. The molecule has 0 aromatic carbocycles. The molecule has 2 rings (SSSR count). The van der Waals surface area contributed by atoms with E-state index in [0.717, 1.165) is 6.07 Å². The van der Waals surface area contributed by atoms with Gasteiger partial charge in [-0.15, -0.1) is 0 Å². The first-order chi connectivity index (χ1) is 10.6. The van der Waals surface area contributed by atoms with E-state index in [4.69, 9.17) is 14.5 Å². The van der Waals surface area contributed by atoms with Crippen LogP contribution in [0.25, 0.3) is 0 Å². The van der Waals surface area contributed by atoms with E-state index in [0.29, 0.717) is 0 Å². The van der Waals surface area contributed by atoms with Gasteiger partial charge >= 0.3 is 7.82 Å². The average Bonchev–Trinajstić information content (AvgIpc) is 2.72. The lowest BCUT2D eigenvalue weighted by Crippen LogP contribution is -2.34. The zero-order valence-corrected chi connectivity index (χ0v) is 13.3. The predicted molar refractivity (Wildman–Crippen MR) is 76.7 cm³/mol. The van der Waals surface area contributed by atoms with Gasteiger partial charge in [0, 0.05) is 26.4 Å². The van der Waals surface area contributed by atoms with E-state index >= 15 is 0 Å². The molecule has 1 aliphatic heterocycles. The molecule has 4 N–H and O–H groups in total.